The second kappa shape index (κ2) is 8.34. The number of amides is 1. The molecule has 2 aromatic rings. The first kappa shape index (κ1) is 21.4. The summed E-state index contributed by atoms with van der Waals surface area (Å²) < 4.78 is 35.0. The number of carbonyl (C=O) groups excluding carboxylic acids is 1. The number of benzene rings is 1. The summed E-state index contributed by atoms with van der Waals surface area (Å²) in [7, 11) is -3.74. The molecular formula is C23H27N3O4S. The van der Waals surface area contributed by atoms with Gasteiger partial charge < -0.3 is 14.6 Å². The van der Waals surface area contributed by atoms with E-state index in [-0.39, 0.29) is 16.7 Å². The SMILES string of the molecule is CC1=C(c2ccc(C)c(C)c2)S(=O)(=O)N=C1N1CCC(C(=O)NCc2ccco2)CC1. The molecule has 31 heavy (non-hydrogen) atoms. The van der Waals surface area contributed by atoms with Crippen molar-refractivity contribution in [2.75, 3.05) is 13.1 Å². The maximum Gasteiger partial charge on any atom is 0.285 e. The normalized spacial score (nSPS) is 18.9. The summed E-state index contributed by atoms with van der Waals surface area (Å²) in [5.74, 6) is 1.12. The average molecular weight is 442 g/mol. The summed E-state index contributed by atoms with van der Waals surface area (Å²) >= 11 is 0. The molecule has 1 aromatic heterocycles. The van der Waals surface area contributed by atoms with Crippen molar-refractivity contribution >= 4 is 26.7 Å². The standard InChI is InChI=1S/C23H27N3O4S/c1-15-6-7-19(13-16(15)2)21-17(3)22(25-31(21,28)29)26-10-8-18(9-11-26)23(27)24-14-20-5-4-12-30-20/h4-7,12-13,18H,8-11,14H2,1-3H3,(H,24,27). The van der Waals surface area contributed by atoms with Crippen LogP contribution in [-0.2, 0) is 21.4 Å². The summed E-state index contributed by atoms with van der Waals surface area (Å²) in [5, 5.41) is 2.91. The van der Waals surface area contributed by atoms with E-state index in [1.54, 1.807) is 12.3 Å². The van der Waals surface area contributed by atoms with Gasteiger partial charge in [-0.1, -0.05) is 18.2 Å². The summed E-state index contributed by atoms with van der Waals surface area (Å²) in [5.41, 5.74) is 3.50. The fraction of sp³-hybridized carbons (Fsp3) is 0.391. The van der Waals surface area contributed by atoms with Gasteiger partial charge in [-0.15, -0.1) is 4.40 Å². The third kappa shape index (κ3) is 4.30. The summed E-state index contributed by atoms with van der Waals surface area (Å²) in [6, 6.07) is 9.29. The lowest BCUT2D eigenvalue weighted by Gasteiger charge is -2.32. The zero-order chi connectivity index (χ0) is 22.2. The van der Waals surface area contributed by atoms with E-state index >= 15 is 0 Å². The van der Waals surface area contributed by atoms with Crippen LogP contribution in [0.3, 0.4) is 0 Å². The molecule has 2 aliphatic rings. The maximum absolute atomic E-state index is 12.8. The molecule has 0 bridgehead atoms. The van der Waals surface area contributed by atoms with Gasteiger partial charge in [-0.25, -0.2) is 0 Å². The molecule has 0 radical (unpaired) electrons. The van der Waals surface area contributed by atoms with Crippen LogP contribution in [0.2, 0.25) is 0 Å². The Morgan fingerprint density at radius 1 is 1.16 bits per heavy atom. The van der Waals surface area contributed by atoms with E-state index in [9.17, 15) is 13.2 Å². The van der Waals surface area contributed by atoms with E-state index in [2.05, 4.69) is 9.71 Å². The van der Waals surface area contributed by atoms with Gasteiger partial charge in [0.1, 0.15) is 16.5 Å². The molecule has 1 amide bonds. The number of amidine groups is 1. The number of furan rings is 1. The van der Waals surface area contributed by atoms with Crippen LogP contribution < -0.4 is 5.32 Å². The molecule has 8 heteroatoms. The molecule has 0 saturated carbocycles. The van der Waals surface area contributed by atoms with Crippen LogP contribution >= 0.6 is 0 Å². The number of likely N-dealkylation sites (tertiary alicyclic amines) is 1. The lowest BCUT2D eigenvalue weighted by molar-refractivity contribution is -0.126. The number of carbonyl (C=O) groups is 1. The van der Waals surface area contributed by atoms with Crippen LogP contribution in [0.1, 0.15) is 42.2 Å². The predicted molar refractivity (Wildman–Crippen MR) is 120 cm³/mol. The van der Waals surface area contributed by atoms with E-state index in [1.165, 1.54) is 0 Å². The van der Waals surface area contributed by atoms with Crippen molar-refractivity contribution in [2.24, 2.45) is 10.3 Å². The molecular weight excluding hydrogens is 414 g/mol. The molecule has 1 aromatic carbocycles. The maximum atomic E-state index is 12.8. The highest BCUT2D eigenvalue weighted by Crippen LogP contribution is 2.35. The van der Waals surface area contributed by atoms with E-state index in [4.69, 9.17) is 4.42 Å². The van der Waals surface area contributed by atoms with Crippen LogP contribution in [0.5, 0.6) is 0 Å². The number of piperidine rings is 1. The number of rotatable bonds is 4. The average Bonchev–Trinajstić information content (AvgIpc) is 3.34. The number of hydrogen-bond acceptors (Lipinski definition) is 5. The minimum atomic E-state index is -3.74. The molecule has 0 aliphatic carbocycles. The lowest BCUT2D eigenvalue weighted by atomic mass is 9.95. The first-order chi connectivity index (χ1) is 14.8. The number of aryl methyl sites for hydroxylation is 2. The number of hydrogen-bond donors (Lipinski definition) is 1. The zero-order valence-electron chi connectivity index (χ0n) is 18.0. The van der Waals surface area contributed by atoms with Crippen LogP contribution in [0, 0.1) is 19.8 Å². The molecule has 0 atom stereocenters. The van der Waals surface area contributed by atoms with Crippen LogP contribution in [0.4, 0.5) is 0 Å². The summed E-state index contributed by atoms with van der Waals surface area (Å²) in [6.45, 7) is 7.34. The highest BCUT2D eigenvalue weighted by Gasteiger charge is 2.35. The van der Waals surface area contributed by atoms with Gasteiger partial charge in [0.25, 0.3) is 10.0 Å². The van der Waals surface area contributed by atoms with Gasteiger partial charge in [0.2, 0.25) is 5.91 Å². The largest absolute Gasteiger partial charge is 0.467 e. The van der Waals surface area contributed by atoms with Crippen molar-refractivity contribution in [1.82, 2.24) is 10.2 Å². The fourth-order valence-corrected chi connectivity index (χ4v) is 5.63. The molecule has 1 fully saturated rings. The van der Waals surface area contributed by atoms with E-state index in [1.807, 2.05) is 49.9 Å². The number of nitrogens with zero attached hydrogens (tertiary/aromatic N) is 2. The van der Waals surface area contributed by atoms with Gasteiger partial charge >= 0.3 is 0 Å². The van der Waals surface area contributed by atoms with E-state index in [0.29, 0.717) is 49.4 Å². The van der Waals surface area contributed by atoms with E-state index < -0.39 is 10.0 Å². The number of sulfonamides is 1. The molecule has 1 saturated heterocycles. The second-order valence-electron chi connectivity index (χ2n) is 8.20. The minimum absolute atomic E-state index is 0.000107. The van der Waals surface area contributed by atoms with E-state index in [0.717, 1.165) is 16.9 Å². The molecule has 7 nitrogen and oxygen atoms in total. The van der Waals surface area contributed by atoms with Gasteiger partial charge in [-0.3, -0.25) is 4.79 Å². The van der Waals surface area contributed by atoms with Crippen LogP contribution in [0.25, 0.3) is 4.91 Å². The second-order valence-corrected chi connectivity index (χ2v) is 9.74. The van der Waals surface area contributed by atoms with Crippen molar-refractivity contribution in [3.63, 3.8) is 0 Å². The van der Waals surface area contributed by atoms with Gasteiger partial charge in [-0.05, 0) is 62.4 Å². The molecule has 0 spiro atoms. The first-order valence-electron chi connectivity index (χ1n) is 10.4. The van der Waals surface area contributed by atoms with Gasteiger partial charge in [0, 0.05) is 24.6 Å². The van der Waals surface area contributed by atoms with Crippen LogP contribution in [-0.4, -0.2) is 38.2 Å². The highest BCUT2D eigenvalue weighted by molar-refractivity contribution is 8.00. The molecule has 164 valence electrons. The van der Waals surface area contributed by atoms with Crippen molar-refractivity contribution in [3.8, 4) is 0 Å². The lowest BCUT2D eigenvalue weighted by Crippen LogP contribution is -2.43. The summed E-state index contributed by atoms with van der Waals surface area (Å²) in [6.07, 6.45) is 2.88. The zero-order valence-corrected chi connectivity index (χ0v) is 18.8. The monoisotopic (exact) mass is 441 g/mol. The van der Waals surface area contributed by atoms with Crippen molar-refractivity contribution in [1.29, 1.82) is 0 Å². The molecule has 1 N–H and O–H groups in total. The fourth-order valence-electron chi connectivity index (χ4n) is 4.15. The molecule has 3 heterocycles. The predicted octanol–water partition coefficient (Wildman–Crippen LogP) is 3.40. The van der Waals surface area contributed by atoms with Crippen molar-refractivity contribution in [2.45, 2.75) is 40.2 Å². The molecule has 0 unspecified atom stereocenters. The first-order valence-corrected chi connectivity index (χ1v) is 11.9. The third-order valence-corrected chi connectivity index (χ3v) is 7.56. The Bertz CT molecular complexity index is 1160. The Hall–Kier alpha value is -2.87. The Labute approximate surface area is 182 Å². The van der Waals surface area contributed by atoms with Crippen molar-refractivity contribution < 1.29 is 17.6 Å². The Morgan fingerprint density at radius 3 is 2.55 bits per heavy atom. The van der Waals surface area contributed by atoms with Gasteiger partial charge in [0.15, 0.2) is 0 Å². The topological polar surface area (TPSA) is 92.0 Å². The minimum Gasteiger partial charge on any atom is -0.467 e. The van der Waals surface area contributed by atoms with Gasteiger partial charge in [0.05, 0.1) is 12.8 Å². The quantitative estimate of drug-likeness (QED) is 0.785. The van der Waals surface area contributed by atoms with Crippen LogP contribution in [0.15, 0.2) is 51.0 Å². The molecule has 4 rings (SSSR count). The Kier molecular flexibility index (Phi) is 5.75. The smallest absolute Gasteiger partial charge is 0.285 e. The summed E-state index contributed by atoms with van der Waals surface area (Å²) in [4.78, 5) is 14.7. The Morgan fingerprint density at radius 2 is 1.90 bits per heavy atom. The number of nitrogens with one attached hydrogen (secondary N) is 1. The molecule has 2 aliphatic heterocycles. The Balaban J connectivity index is 1.45. The third-order valence-electron chi connectivity index (χ3n) is 6.09. The van der Waals surface area contributed by atoms with Gasteiger partial charge in [-0.2, -0.15) is 8.42 Å². The highest BCUT2D eigenvalue weighted by atomic mass is 32.2. The van der Waals surface area contributed by atoms with Crippen molar-refractivity contribution in [3.05, 3.63) is 64.6 Å².